The van der Waals surface area contributed by atoms with Gasteiger partial charge in [-0.05, 0) is 68.8 Å². The van der Waals surface area contributed by atoms with E-state index in [1.807, 2.05) is 19.1 Å². The number of rotatable bonds is 5. The van der Waals surface area contributed by atoms with Gasteiger partial charge in [0.15, 0.2) is 5.11 Å². The minimum atomic E-state index is 0.496. The quantitative estimate of drug-likeness (QED) is 0.663. The molecule has 0 amide bonds. The Morgan fingerprint density at radius 1 is 1.06 bits per heavy atom. The van der Waals surface area contributed by atoms with Gasteiger partial charge in [-0.15, -0.1) is 0 Å². The SMILES string of the molecule is Cc1ccc(CNC(=S)Nc2nc(N3CCC[C@@H](C)C3)cc(N3CCC[C@H](C)C3)n2)o1. The van der Waals surface area contributed by atoms with Crippen molar-refractivity contribution < 1.29 is 4.42 Å². The lowest BCUT2D eigenvalue weighted by atomic mass is 10.00. The second-order valence-corrected chi connectivity index (χ2v) is 9.52. The molecular weight excluding hydrogens is 408 g/mol. The first-order chi connectivity index (χ1) is 15.0. The molecule has 2 aromatic rings. The molecule has 0 unspecified atom stereocenters. The lowest BCUT2D eigenvalue weighted by molar-refractivity contribution is 0.441. The van der Waals surface area contributed by atoms with E-state index in [2.05, 4.69) is 40.3 Å². The Hall–Kier alpha value is -2.35. The minimum Gasteiger partial charge on any atom is -0.465 e. The maximum Gasteiger partial charge on any atom is 0.232 e. The number of hydrogen-bond acceptors (Lipinski definition) is 6. The van der Waals surface area contributed by atoms with Gasteiger partial charge in [0.2, 0.25) is 5.95 Å². The summed E-state index contributed by atoms with van der Waals surface area (Å²) >= 11 is 5.51. The zero-order chi connectivity index (χ0) is 21.8. The van der Waals surface area contributed by atoms with E-state index in [1.165, 1.54) is 25.7 Å². The van der Waals surface area contributed by atoms with Crippen LogP contribution in [-0.2, 0) is 6.54 Å². The Kier molecular flexibility index (Phi) is 6.95. The Morgan fingerprint density at radius 3 is 2.19 bits per heavy atom. The van der Waals surface area contributed by atoms with Crippen LogP contribution in [0, 0.1) is 18.8 Å². The van der Waals surface area contributed by atoms with Gasteiger partial charge >= 0.3 is 0 Å². The van der Waals surface area contributed by atoms with Crippen molar-refractivity contribution in [3.05, 3.63) is 29.7 Å². The summed E-state index contributed by atoms with van der Waals surface area (Å²) in [4.78, 5) is 14.4. The first-order valence-corrected chi connectivity index (χ1v) is 11.9. The Labute approximate surface area is 190 Å². The largest absolute Gasteiger partial charge is 0.465 e. The van der Waals surface area contributed by atoms with Crippen LogP contribution in [0.4, 0.5) is 17.6 Å². The number of thiocarbonyl (C=S) groups is 1. The third-order valence-corrected chi connectivity index (χ3v) is 6.35. The van der Waals surface area contributed by atoms with E-state index in [0.29, 0.717) is 29.4 Å². The molecule has 8 heteroatoms. The first-order valence-electron chi connectivity index (χ1n) is 11.5. The molecule has 168 valence electrons. The van der Waals surface area contributed by atoms with Gasteiger partial charge in [-0.3, -0.25) is 0 Å². The average molecular weight is 443 g/mol. The molecule has 0 spiro atoms. The molecule has 0 radical (unpaired) electrons. The summed E-state index contributed by atoms with van der Waals surface area (Å²) in [5, 5.41) is 6.89. The van der Waals surface area contributed by atoms with E-state index in [-0.39, 0.29) is 0 Å². The molecule has 0 bridgehead atoms. The zero-order valence-corrected chi connectivity index (χ0v) is 19.7. The normalized spacial score (nSPS) is 21.8. The molecule has 2 aliphatic heterocycles. The third kappa shape index (κ3) is 5.87. The first kappa shape index (κ1) is 21.9. The van der Waals surface area contributed by atoms with Gasteiger partial charge in [-0.25, -0.2) is 0 Å². The average Bonchev–Trinajstić information content (AvgIpc) is 3.17. The molecule has 2 N–H and O–H groups in total. The van der Waals surface area contributed by atoms with Crippen molar-refractivity contribution in [1.82, 2.24) is 15.3 Å². The molecule has 31 heavy (non-hydrogen) atoms. The summed E-state index contributed by atoms with van der Waals surface area (Å²) in [7, 11) is 0. The summed E-state index contributed by atoms with van der Waals surface area (Å²) in [5.41, 5.74) is 0. The molecule has 7 nitrogen and oxygen atoms in total. The monoisotopic (exact) mass is 442 g/mol. The second-order valence-electron chi connectivity index (χ2n) is 9.11. The fourth-order valence-electron chi connectivity index (χ4n) is 4.49. The van der Waals surface area contributed by atoms with Gasteiger partial charge in [0, 0.05) is 32.2 Å². The predicted molar refractivity (Wildman–Crippen MR) is 130 cm³/mol. The number of anilines is 3. The van der Waals surface area contributed by atoms with E-state index < -0.39 is 0 Å². The highest BCUT2D eigenvalue weighted by Crippen LogP contribution is 2.28. The van der Waals surface area contributed by atoms with Crippen molar-refractivity contribution >= 4 is 34.9 Å². The summed E-state index contributed by atoms with van der Waals surface area (Å²) in [6, 6.07) is 6.06. The number of aryl methyl sites for hydroxylation is 1. The fraction of sp³-hybridized carbons (Fsp3) is 0.609. The molecule has 0 aromatic carbocycles. The highest BCUT2D eigenvalue weighted by atomic mass is 32.1. The molecule has 2 atom stereocenters. The van der Waals surface area contributed by atoms with Gasteiger partial charge in [0.1, 0.15) is 23.2 Å². The lowest BCUT2D eigenvalue weighted by Crippen LogP contribution is -2.37. The maximum atomic E-state index is 5.61. The maximum absolute atomic E-state index is 5.61. The van der Waals surface area contributed by atoms with E-state index in [9.17, 15) is 0 Å². The van der Waals surface area contributed by atoms with E-state index in [4.69, 9.17) is 26.6 Å². The van der Waals surface area contributed by atoms with Crippen molar-refractivity contribution in [3.8, 4) is 0 Å². The van der Waals surface area contributed by atoms with E-state index >= 15 is 0 Å². The Bertz CT molecular complexity index is 860. The van der Waals surface area contributed by atoms with Crippen LogP contribution in [0.5, 0.6) is 0 Å². The van der Waals surface area contributed by atoms with Crippen molar-refractivity contribution in [2.24, 2.45) is 11.8 Å². The summed E-state index contributed by atoms with van der Waals surface area (Å²) in [6.45, 7) is 11.2. The van der Waals surface area contributed by atoms with Crippen molar-refractivity contribution in [1.29, 1.82) is 0 Å². The van der Waals surface area contributed by atoms with Crippen LogP contribution < -0.4 is 20.4 Å². The van der Waals surface area contributed by atoms with Gasteiger partial charge in [-0.2, -0.15) is 9.97 Å². The number of furan rings is 1. The van der Waals surface area contributed by atoms with Crippen LogP contribution in [0.1, 0.15) is 51.1 Å². The second kappa shape index (κ2) is 9.85. The number of nitrogens with one attached hydrogen (secondary N) is 2. The van der Waals surface area contributed by atoms with Crippen molar-refractivity contribution in [2.75, 3.05) is 41.3 Å². The van der Waals surface area contributed by atoms with E-state index in [0.717, 1.165) is 49.3 Å². The van der Waals surface area contributed by atoms with Crippen LogP contribution in [0.3, 0.4) is 0 Å². The number of piperidine rings is 2. The van der Waals surface area contributed by atoms with Crippen LogP contribution in [0.2, 0.25) is 0 Å². The topological polar surface area (TPSA) is 69.5 Å². The van der Waals surface area contributed by atoms with Crippen LogP contribution in [0.25, 0.3) is 0 Å². The minimum absolute atomic E-state index is 0.496. The van der Waals surface area contributed by atoms with E-state index in [1.54, 1.807) is 0 Å². The van der Waals surface area contributed by atoms with Crippen molar-refractivity contribution in [2.45, 2.75) is 53.0 Å². The highest BCUT2D eigenvalue weighted by Gasteiger charge is 2.23. The highest BCUT2D eigenvalue weighted by molar-refractivity contribution is 7.80. The molecule has 4 rings (SSSR count). The van der Waals surface area contributed by atoms with Crippen LogP contribution in [0.15, 0.2) is 22.6 Å². The Morgan fingerprint density at radius 2 is 1.68 bits per heavy atom. The third-order valence-electron chi connectivity index (χ3n) is 6.11. The van der Waals surface area contributed by atoms with Crippen molar-refractivity contribution in [3.63, 3.8) is 0 Å². The number of nitrogens with zero attached hydrogens (tertiary/aromatic N) is 4. The fourth-order valence-corrected chi connectivity index (χ4v) is 4.65. The molecule has 0 aliphatic carbocycles. The van der Waals surface area contributed by atoms with Gasteiger partial charge in [-0.1, -0.05) is 13.8 Å². The Balaban J connectivity index is 1.51. The molecule has 0 saturated carbocycles. The molecule has 4 heterocycles. The molecule has 2 saturated heterocycles. The van der Waals surface area contributed by atoms with Gasteiger partial charge < -0.3 is 24.9 Å². The smallest absolute Gasteiger partial charge is 0.232 e. The summed E-state index contributed by atoms with van der Waals surface area (Å²) < 4.78 is 5.61. The molecular formula is C23H34N6OS. The van der Waals surface area contributed by atoms with Crippen LogP contribution in [-0.4, -0.2) is 41.3 Å². The molecule has 2 aliphatic rings. The van der Waals surface area contributed by atoms with Gasteiger partial charge in [0.25, 0.3) is 0 Å². The predicted octanol–water partition coefficient (Wildman–Crippen LogP) is 4.34. The number of aromatic nitrogens is 2. The molecule has 2 fully saturated rings. The molecule has 2 aromatic heterocycles. The van der Waals surface area contributed by atoms with Gasteiger partial charge in [0.05, 0.1) is 6.54 Å². The zero-order valence-electron chi connectivity index (χ0n) is 18.9. The summed E-state index contributed by atoms with van der Waals surface area (Å²) in [6.07, 6.45) is 4.96. The van der Waals surface area contributed by atoms with Crippen LogP contribution >= 0.6 is 12.2 Å². The lowest BCUT2D eigenvalue weighted by Gasteiger charge is -2.35. The summed E-state index contributed by atoms with van der Waals surface area (Å²) in [5.74, 6) is 5.63. The number of hydrogen-bond donors (Lipinski definition) is 2. The standard InChI is InChI=1S/C23H34N6OS/c1-16-6-4-10-28(14-16)20-12-21(29-11-5-7-17(2)15-29)26-22(25-20)27-23(31)24-13-19-9-8-18(3)30-19/h8-9,12,16-17H,4-7,10-11,13-15H2,1-3H3,(H2,24,25,26,27,31)/t16-,17+.